The average Bonchev–Trinajstić information content (AvgIpc) is 2.76. The minimum Gasteiger partial charge on any atom is -0.276 e. The smallest absolute Gasteiger partial charge is 0.276 e. The van der Waals surface area contributed by atoms with Crippen molar-refractivity contribution in [1.82, 2.24) is 0 Å². The van der Waals surface area contributed by atoms with Crippen LogP contribution in [-0.4, -0.2) is 18.4 Å². The van der Waals surface area contributed by atoms with Gasteiger partial charge in [-0.15, -0.1) is 0 Å². The van der Waals surface area contributed by atoms with Crippen molar-refractivity contribution in [2.75, 3.05) is 6.54 Å². The van der Waals surface area contributed by atoms with Crippen molar-refractivity contribution in [3.8, 4) is 0 Å². The molecule has 5 heteroatoms. The van der Waals surface area contributed by atoms with Crippen molar-refractivity contribution < 1.29 is 17.6 Å². The van der Waals surface area contributed by atoms with Crippen molar-refractivity contribution >= 4 is 11.3 Å². The van der Waals surface area contributed by atoms with Gasteiger partial charge in [0.05, 0.1) is 6.54 Å². The summed E-state index contributed by atoms with van der Waals surface area (Å²) in [5, 5.41) is 0. The highest BCUT2D eigenvalue weighted by Crippen LogP contribution is 2.32. The Hall–Kier alpha value is -1.65. The lowest BCUT2D eigenvalue weighted by atomic mass is 9.96. The standard InChI is InChI=1S/C14H13F4N/c1-8(2)10-4-3-9(7-12(10)15)11-5-6-19-13(11)14(16,17)18/h3-5,7-8H,6H2,1-2H3. The molecule has 0 saturated carbocycles. The normalized spacial score (nSPS) is 15.7. The summed E-state index contributed by atoms with van der Waals surface area (Å²) in [6.07, 6.45) is -3.14. The topological polar surface area (TPSA) is 12.4 Å². The molecule has 0 radical (unpaired) electrons. The molecule has 0 atom stereocenters. The number of allylic oxidation sites excluding steroid dienone is 1. The van der Waals surface area contributed by atoms with E-state index in [4.69, 9.17) is 0 Å². The van der Waals surface area contributed by atoms with Crippen LogP contribution in [0, 0.1) is 5.82 Å². The zero-order valence-corrected chi connectivity index (χ0v) is 10.6. The van der Waals surface area contributed by atoms with E-state index in [1.54, 1.807) is 0 Å². The van der Waals surface area contributed by atoms with Crippen molar-refractivity contribution in [3.05, 3.63) is 41.2 Å². The van der Waals surface area contributed by atoms with Crippen LogP contribution < -0.4 is 0 Å². The van der Waals surface area contributed by atoms with Gasteiger partial charge in [0.1, 0.15) is 11.5 Å². The van der Waals surface area contributed by atoms with Crippen LogP contribution in [0.4, 0.5) is 17.6 Å². The minimum absolute atomic E-state index is 0.0117. The van der Waals surface area contributed by atoms with Gasteiger partial charge in [-0.25, -0.2) is 4.39 Å². The van der Waals surface area contributed by atoms with Crippen LogP contribution in [0.5, 0.6) is 0 Å². The quantitative estimate of drug-likeness (QED) is 0.709. The highest BCUT2D eigenvalue weighted by molar-refractivity contribution is 6.27. The number of hydrogen-bond donors (Lipinski definition) is 0. The molecule has 1 heterocycles. The predicted molar refractivity (Wildman–Crippen MR) is 66.8 cm³/mol. The van der Waals surface area contributed by atoms with Crippen LogP contribution in [0.3, 0.4) is 0 Å². The molecule has 0 fully saturated rings. The summed E-state index contributed by atoms with van der Waals surface area (Å²) >= 11 is 0. The molecule has 1 aliphatic heterocycles. The lowest BCUT2D eigenvalue weighted by molar-refractivity contribution is -0.0570. The monoisotopic (exact) mass is 271 g/mol. The second-order valence-corrected chi connectivity index (χ2v) is 4.70. The van der Waals surface area contributed by atoms with E-state index < -0.39 is 17.7 Å². The molecule has 0 spiro atoms. The van der Waals surface area contributed by atoms with Gasteiger partial charge in [-0.05, 0) is 23.1 Å². The first-order valence-electron chi connectivity index (χ1n) is 5.92. The molecule has 0 aromatic heterocycles. The van der Waals surface area contributed by atoms with Crippen LogP contribution >= 0.6 is 0 Å². The molecule has 0 amide bonds. The summed E-state index contributed by atoms with van der Waals surface area (Å²) in [5.74, 6) is -0.496. The molecule has 1 aromatic rings. The fraction of sp³-hybridized carbons (Fsp3) is 0.357. The molecule has 0 saturated heterocycles. The van der Waals surface area contributed by atoms with E-state index in [1.807, 2.05) is 13.8 Å². The molecule has 2 rings (SSSR count). The van der Waals surface area contributed by atoms with Crippen LogP contribution in [0.2, 0.25) is 0 Å². The van der Waals surface area contributed by atoms with Gasteiger partial charge >= 0.3 is 6.18 Å². The van der Waals surface area contributed by atoms with E-state index in [-0.39, 0.29) is 23.6 Å². The van der Waals surface area contributed by atoms with Gasteiger partial charge in [0.15, 0.2) is 0 Å². The van der Waals surface area contributed by atoms with Crippen molar-refractivity contribution in [1.29, 1.82) is 0 Å². The van der Waals surface area contributed by atoms with Crippen molar-refractivity contribution in [2.24, 2.45) is 4.99 Å². The maximum atomic E-state index is 13.8. The van der Waals surface area contributed by atoms with E-state index in [0.717, 1.165) is 6.07 Å². The Morgan fingerprint density at radius 2 is 1.89 bits per heavy atom. The summed E-state index contributed by atoms with van der Waals surface area (Å²) in [4.78, 5) is 3.43. The summed E-state index contributed by atoms with van der Waals surface area (Å²) in [5.41, 5.74) is -0.255. The van der Waals surface area contributed by atoms with E-state index in [0.29, 0.717) is 5.56 Å². The number of aliphatic imine (C=N–C) groups is 1. The lowest BCUT2D eigenvalue weighted by Gasteiger charge is -2.13. The van der Waals surface area contributed by atoms with Gasteiger partial charge in [-0.2, -0.15) is 13.2 Å². The fourth-order valence-electron chi connectivity index (χ4n) is 2.07. The Kier molecular flexibility index (Phi) is 3.47. The zero-order chi connectivity index (χ0) is 14.2. The van der Waals surface area contributed by atoms with Crippen LogP contribution in [0.1, 0.15) is 30.9 Å². The number of benzene rings is 1. The highest BCUT2D eigenvalue weighted by atomic mass is 19.4. The summed E-state index contributed by atoms with van der Waals surface area (Å²) in [7, 11) is 0. The Balaban J connectivity index is 2.39. The fourth-order valence-corrected chi connectivity index (χ4v) is 2.07. The Morgan fingerprint density at radius 3 is 2.42 bits per heavy atom. The van der Waals surface area contributed by atoms with Crippen LogP contribution in [-0.2, 0) is 0 Å². The van der Waals surface area contributed by atoms with Gasteiger partial charge < -0.3 is 0 Å². The van der Waals surface area contributed by atoms with Gasteiger partial charge in [0.25, 0.3) is 0 Å². The second kappa shape index (κ2) is 4.79. The third-order valence-corrected chi connectivity index (χ3v) is 3.00. The predicted octanol–water partition coefficient (Wildman–Crippen LogP) is 4.35. The van der Waals surface area contributed by atoms with Gasteiger partial charge in [0, 0.05) is 5.57 Å². The van der Waals surface area contributed by atoms with E-state index in [1.165, 1.54) is 18.2 Å². The number of nitrogens with zero attached hydrogens (tertiary/aromatic N) is 1. The minimum atomic E-state index is -4.50. The SMILES string of the molecule is CC(C)c1ccc(C2=CCN=C2C(F)(F)F)cc1F. The molecule has 1 aromatic carbocycles. The molecular weight excluding hydrogens is 258 g/mol. The maximum Gasteiger partial charge on any atom is 0.433 e. The maximum absolute atomic E-state index is 13.8. The lowest BCUT2D eigenvalue weighted by Crippen LogP contribution is -2.22. The van der Waals surface area contributed by atoms with Gasteiger partial charge in [-0.3, -0.25) is 4.99 Å². The molecule has 0 bridgehead atoms. The molecule has 0 unspecified atom stereocenters. The zero-order valence-electron chi connectivity index (χ0n) is 10.6. The third kappa shape index (κ3) is 2.69. The molecule has 19 heavy (non-hydrogen) atoms. The molecule has 1 nitrogen and oxygen atoms in total. The molecule has 102 valence electrons. The number of halogens is 4. The first-order valence-corrected chi connectivity index (χ1v) is 5.92. The first-order chi connectivity index (χ1) is 8.80. The van der Waals surface area contributed by atoms with E-state index in [2.05, 4.69) is 4.99 Å². The van der Waals surface area contributed by atoms with Crippen LogP contribution in [0.15, 0.2) is 29.3 Å². The van der Waals surface area contributed by atoms with Gasteiger partial charge in [-0.1, -0.05) is 32.1 Å². The van der Waals surface area contributed by atoms with Crippen LogP contribution in [0.25, 0.3) is 5.57 Å². The average molecular weight is 271 g/mol. The largest absolute Gasteiger partial charge is 0.433 e. The number of rotatable bonds is 2. The third-order valence-electron chi connectivity index (χ3n) is 3.00. The van der Waals surface area contributed by atoms with Crippen molar-refractivity contribution in [3.63, 3.8) is 0 Å². The summed E-state index contributed by atoms with van der Waals surface area (Å²) in [6, 6.07) is 4.19. The van der Waals surface area contributed by atoms with Crippen molar-refractivity contribution in [2.45, 2.75) is 25.9 Å². The van der Waals surface area contributed by atoms with Gasteiger partial charge in [0.2, 0.25) is 0 Å². The highest BCUT2D eigenvalue weighted by Gasteiger charge is 2.39. The Bertz CT molecular complexity index is 553. The molecule has 0 N–H and O–H groups in total. The summed E-state index contributed by atoms with van der Waals surface area (Å²) in [6.45, 7) is 3.64. The van der Waals surface area contributed by atoms with E-state index in [9.17, 15) is 17.6 Å². The molecule has 1 aliphatic rings. The second-order valence-electron chi connectivity index (χ2n) is 4.70. The molecular formula is C14H13F4N. The first kappa shape index (κ1) is 13.8. The van der Waals surface area contributed by atoms with E-state index >= 15 is 0 Å². The Labute approximate surface area is 108 Å². The number of alkyl halides is 3. The number of hydrogen-bond acceptors (Lipinski definition) is 1. The summed E-state index contributed by atoms with van der Waals surface area (Å²) < 4.78 is 52.0. The Morgan fingerprint density at radius 1 is 1.21 bits per heavy atom. The molecule has 0 aliphatic carbocycles.